The van der Waals surface area contributed by atoms with Gasteiger partial charge in [-0.3, -0.25) is 0 Å². The molecule has 0 amide bonds. The minimum Gasteiger partial charge on any atom is -0.469 e. The van der Waals surface area contributed by atoms with Crippen LogP contribution in [0.15, 0.2) is 42.5 Å². The first-order valence-corrected chi connectivity index (χ1v) is 10.0. The molecule has 0 aliphatic carbocycles. The molecule has 31 heavy (non-hydrogen) atoms. The van der Waals surface area contributed by atoms with E-state index in [2.05, 4.69) is 4.98 Å². The van der Waals surface area contributed by atoms with Gasteiger partial charge >= 0.3 is 6.18 Å². The maximum absolute atomic E-state index is 13.0. The van der Waals surface area contributed by atoms with Gasteiger partial charge < -0.3 is 24.1 Å². The molecule has 2 fully saturated rings. The van der Waals surface area contributed by atoms with Crippen LogP contribution in [0.5, 0.6) is 5.88 Å². The highest BCUT2D eigenvalue weighted by Crippen LogP contribution is 2.40. The summed E-state index contributed by atoms with van der Waals surface area (Å²) < 4.78 is 62.4. The zero-order chi connectivity index (χ0) is 22.4. The predicted octanol–water partition coefficient (Wildman–Crippen LogP) is 4.15. The van der Waals surface area contributed by atoms with E-state index >= 15 is 0 Å². The summed E-state index contributed by atoms with van der Waals surface area (Å²) in [6.45, 7) is 3.38. The number of nitrogens with zero attached hydrogens (tertiary/aromatic N) is 1. The van der Waals surface area contributed by atoms with Crippen molar-refractivity contribution in [1.82, 2.24) is 4.98 Å². The summed E-state index contributed by atoms with van der Waals surface area (Å²) in [6.07, 6.45) is -8.58. The van der Waals surface area contributed by atoms with Crippen molar-refractivity contribution in [2.24, 2.45) is 0 Å². The number of pyridine rings is 1. The summed E-state index contributed by atoms with van der Waals surface area (Å²) >= 11 is 5.91. The third kappa shape index (κ3) is 4.80. The minimum atomic E-state index is -4.59. The van der Waals surface area contributed by atoms with Gasteiger partial charge in [-0.25, -0.2) is 4.98 Å². The molecule has 168 valence electrons. The van der Waals surface area contributed by atoms with Gasteiger partial charge in [0.2, 0.25) is 5.88 Å². The maximum Gasteiger partial charge on any atom is 0.433 e. The lowest BCUT2D eigenvalue weighted by atomic mass is 9.93. The molecule has 1 aromatic carbocycles. The van der Waals surface area contributed by atoms with Gasteiger partial charge in [-0.1, -0.05) is 29.8 Å². The van der Waals surface area contributed by atoms with Crippen molar-refractivity contribution in [1.29, 1.82) is 0 Å². The van der Waals surface area contributed by atoms with Gasteiger partial charge in [0.25, 0.3) is 0 Å². The molecule has 2 saturated heterocycles. The summed E-state index contributed by atoms with van der Waals surface area (Å²) in [5.74, 6) is -1.20. The Morgan fingerprint density at radius 3 is 2.48 bits per heavy atom. The van der Waals surface area contributed by atoms with Crippen LogP contribution in [-0.2, 0) is 20.4 Å². The summed E-state index contributed by atoms with van der Waals surface area (Å²) in [6, 6.07) is 10.1. The second-order valence-electron chi connectivity index (χ2n) is 7.87. The standard InChI is InChI=1S/C21H21ClF3NO5/c1-20(2)30-17-13(29-15-5-3-4-14(26-15)21(23,24)25)10-28-18(19(17)31-20)16(27)11-6-8-12(22)9-7-11/h3-9,13,16-19,27H,10H2,1-2H3/t13-,16+,17+,18+,19+/m0/s1. The lowest BCUT2D eigenvalue weighted by Gasteiger charge is -2.38. The van der Waals surface area contributed by atoms with E-state index in [1.807, 2.05) is 0 Å². The Morgan fingerprint density at radius 2 is 1.81 bits per heavy atom. The van der Waals surface area contributed by atoms with Crippen LogP contribution >= 0.6 is 11.6 Å². The molecule has 0 radical (unpaired) electrons. The van der Waals surface area contributed by atoms with Gasteiger partial charge in [-0.05, 0) is 37.6 Å². The first-order valence-electron chi connectivity index (χ1n) is 9.65. The first kappa shape index (κ1) is 22.3. The molecule has 0 unspecified atom stereocenters. The summed E-state index contributed by atoms with van der Waals surface area (Å²) in [5.41, 5.74) is -0.474. The Bertz CT molecular complexity index is 924. The SMILES string of the molecule is CC1(C)O[C@@H]2[C@H](O1)[C@@H](Oc1cccc(C(F)(F)F)n1)CO[C@@H]2[C@H](O)c1ccc(Cl)cc1. The van der Waals surface area contributed by atoms with Crippen LogP contribution in [0, 0.1) is 0 Å². The molecule has 5 atom stereocenters. The van der Waals surface area contributed by atoms with Crippen molar-refractivity contribution >= 4 is 11.6 Å². The van der Waals surface area contributed by atoms with Crippen LogP contribution in [0.3, 0.4) is 0 Å². The molecule has 4 rings (SSSR count). The van der Waals surface area contributed by atoms with Crippen LogP contribution in [0.2, 0.25) is 5.02 Å². The van der Waals surface area contributed by atoms with Gasteiger partial charge in [0.1, 0.15) is 30.1 Å². The number of hydrogen-bond acceptors (Lipinski definition) is 6. The van der Waals surface area contributed by atoms with Gasteiger partial charge in [0.15, 0.2) is 11.9 Å². The van der Waals surface area contributed by atoms with Crippen molar-refractivity contribution in [2.75, 3.05) is 6.61 Å². The molecule has 6 nitrogen and oxygen atoms in total. The molecule has 2 aliphatic rings. The minimum absolute atomic E-state index is 0.0339. The number of alkyl halides is 3. The molecule has 10 heteroatoms. The second-order valence-corrected chi connectivity index (χ2v) is 8.31. The number of aliphatic hydroxyl groups excluding tert-OH is 1. The Hall–Kier alpha value is -1.91. The number of aromatic nitrogens is 1. The van der Waals surface area contributed by atoms with Crippen molar-refractivity contribution in [3.8, 4) is 5.88 Å². The highest BCUT2D eigenvalue weighted by molar-refractivity contribution is 6.30. The second kappa shape index (κ2) is 8.22. The molecule has 1 aromatic heterocycles. The number of ether oxygens (including phenoxy) is 4. The molecular weight excluding hydrogens is 439 g/mol. The molecular formula is C21H21ClF3NO5. The molecule has 1 N–H and O–H groups in total. The Balaban J connectivity index is 1.55. The fourth-order valence-electron chi connectivity index (χ4n) is 3.77. The van der Waals surface area contributed by atoms with Crippen LogP contribution in [0.25, 0.3) is 0 Å². The van der Waals surface area contributed by atoms with Crippen LogP contribution in [-0.4, -0.2) is 46.9 Å². The number of hydrogen-bond donors (Lipinski definition) is 1. The molecule has 2 aromatic rings. The summed E-state index contributed by atoms with van der Waals surface area (Å²) in [5, 5.41) is 11.4. The Morgan fingerprint density at radius 1 is 1.13 bits per heavy atom. The van der Waals surface area contributed by atoms with E-state index in [1.165, 1.54) is 12.1 Å². The van der Waals surface area contributed by atoms with Gasteiger partial charge in [0.05, 0.1) is 6.61 Å². The fraction of sp³-hybridized carbons (Fsp3) is 0.476. The van der Waals surface area contributed by atoms with Crippen molar-refractivity contribution < 1.29 is 37.2 Å². The summed E-state index contributed by atoms with van der Waals surface area (Å²) in [4.78, 5) is 3.54. The zero-order valence-electron chi connectivity index (χ0n) is 16.7. The lowest BCUT2D eigenvalue weighted by Crippen LogP contribution is -2.55. The van der Waals surface area contributed by atoms with Crippen LogP contribution in [0.1, 0.15) is 31.2 Å². The average Bonchev–Trinajstić information content (AvgIpc) is 3.03. The smallest absolute Gasteiger partial charge is 0.433 e. The maximum atomic E-state index is 13.0. The van der Waals surface area contributed by atoms with E-state index in [-0.39, 0.29) is 12.5 Å². The number of benzene rings is 1. The lowest BCUT2D eigenvalue weighted by molar-refractivity contribution is -0.176. The highest BCUT2D eigenvalue weighted by Gasteiger charge is 2.55. The monoisotopic (exact) mass is 459 g/mol. The Kier molecular flexibility index (Phi) is 5.91. The Labute approximate surface area is 181 Å². The average molecular weight is 460 g/mol. The van der Waals surface area contributed by atoms with Crippen molar-refractivity contribution in [3.63, 3.8) is 0 Å². The van der Waals surface area contributed by atoms with Gasteiger partial charge in [0, 0.05) is 11.1 Å². The largest absolute Gasteiger partial charge is 0.469 e. The predicted molar refractivity (Wildman–Crippen MR) is 104 cm³/mol. The third-order valence-electron chi connectivity index (χ3n) is 5.12. The highest BCUT2D eigenvalue weighted by atomic mass is 35.5. The number of fused-ring (bicyclic) bond motifs is 1. The van der Waals surface area contributed by atoms with E-state index in [9.17, 15) is 18.3 Å². The number of aliphatic hydroxyl groups is 1. The first-order chi connectivity index (χ1) is 14.5. The molecule has 2 aliphatic heterocycles. The van der Waals surface area contributed by atoms with Crippen molar-refractivity contribution in [3.05, 3.63) is 58.7 Å². The zero-order valence-corrected chi connectivity index (χ0v) is 17.4. The van der Waals surface area contributed by atoms with E-state index in [1.54, 1.807) is 38.1 Å². The van der Waals surface area contributed by atoms with Crippen molar-refractivity contribution in [2.45, 2.75) is 56.3 Å². The van der Waals surface area contributed by atoms with Gasteiger partial charge in [-0.2, -0.15) is 13.2 Å². The molecule has 0 spiro atoms. The summed E-state index contributed by atoms with van der Waals surface area (Å²) in [7, 11) is 0. The topological polar surface area (TPSA) is 70.0 Å². The van der Waals surface area contributed by atoms with Crippen LogP contribution < -0.4 is 4.74 Å². The van der Waals surface area contributed by atoms with E-state index in [4.69, 9.17) is 30.5 Å². The molecule has 0 saturated carbocycles. The molecule has 0 bridgehead atoms. The quantitative estimate of drug-likeness (QED) is 0.740. The van der Waals surface area contributed by atoms with E-state index in [0.29, 0.717) is 10.6 Å². The van der Waals surface area contributed by atoms with E-state index < -0.39 is 48.2 Å². The number of rotatable bonds is 4. The third-order valence-corrected chi connectivity index (χ3v) is 5.37. The van der Waals surface area contributed by atoms with Gasteiger partial charge in [-0.15, -0.1) is 0 Å². The normalized spacial score (nSPS) is 28.7. The molecule has 3 heterocycles. The fourth-order valence-corrected chi connectivity index (χ4v) is 3.90. The number of halogens is 4. The van der Waals surface area contributed by atoms with E-state index in [0.717, 1.165) is 6.07 Å². The van der Waals surface area contributed by atoms with Crippen LogP contribution in [0.4, 0.5) is 13.2 Å².